The van der Waals surface area contributed by atoms with Crippen molar-refractivity contribution in [3.63, 3.8) is 0 Å². The number of nitrogens with zero attached hydrogens (tertiary/aromatic N) is 5. The van der Waals surface area contributed by atoms with E-state index in [4.69, 9.17) is 20.0 Å². The van der Waals surface area contributed by atoms with Crippen molar-refractivity contribution in [2.24, 2.45) is 7.05 Å². The van der Waals surface area contributed by atoms with Crippen molar-refractivity contribution in [1.29, 1.82) is 5.26 Å². The first-order valence-electron chi connectivity index (χ1n) is 11.3. The van der Waals surface area contributed by atoms with Crippen LogP contribution in [0.5, 0.6) is 5.88 Å². The van der Waals surface area contributed by atoms with Gasteiger partial charge in [-0.3, -0.25) is 0 Å². The van der Waals surface area contributed by atoms with E-state index >= 15 is 0 Å². The molecule has 3 aromatic heterocycles. The van der Waals surface area contributed by atoms with Crippen molar-refractivity contribution in [1.82, 2.24) is 19.5 Å². The summed E-state index contributed by atoms with van der Waals surface area (Å²) in [6, 6.07) is 19.7. The highest BCUT2D eigenvalue weighted by molar-refractivity contribution is 7.99. The zero-order valence-corrected chi connectivity index (χ0v) is 21.2. The van der Waals surface area contributed by atoms with Gasteiger partial charge in [0.05, 0.1) is 29.8 Å². The molecule has 0 atom stereocenters. The summed E-state index contributed by atoms with van der Waals surface area (Å²) >= 11 is 1.64. The van der Waals surface area contributed by atoms with Gasteiger partial charge in [-0.15, -0.1) is 0 Å². The third-order valence-electron chi connectivity index (χ3n) is 5.89. The summed E-state index contributed by atoms with van der Waals surface area (Å²) in [6.07, 6.45) is 3.76. The first-order chi connectivity index (χ1) is 17.4. The number of nitriles is 1. The standard InChI is InChI=1S/C28H24N6OS/c1-17-13-21(20-9-11-30-24(15-20)35-4)14-18(2)26(17)36-27-25-23(10-12-34(25)3)32-28(33-27)31-22-7-5-19(16-29)6-8-22/h5-15H,1-4H3,(H,31,32,33). The highest BCUT2D eigenvalue weighted by Crippen LogP contribution is 2.38. The van der Waals surface area contributed by atoms with Crippen molar-refractivity contribution in [3.05, 3.63) is 83.7 Å². The zero-order chi connectivity index (χ0) is 25.2. The highest BCUT2D eigenvalue weighted by atomic mass is 32.2. The Morgan fingerprint density at radius 2 is 1.72 bits per heavy atom. The molecular formula is C28H24N6OS. The van der Waals surface area contributed by atoms with Gasteiger partial charge < -0.3 is 14.6 Å². The number of aromatic nitrogens is 4. The van der Waals surface area contributed by atoms with Gasteiger partial charge in [0, 0.05) is 36.1 Å². The van der Waals surface area contributed by atoms with Crippen LogP contribution in [-0.4, -0.2) is 26.6 Å². The Morgan fingerprint density at radius 1 is 0.972 bits per heavy atom. The lowest BCUT2D eigenvalue weighted by Crippen LogP contribution is -2.01. The molecule has 0 spiro atoms. The Balaban J connectivity index is 1.52. The van der Waals surface area contributed by atoms with Crippen LogP contribution in [0.4, 0.5) is 11.6 Å². The molecular weight excluding hydrogens is 468 g/mol. The number of hydrogen-bond donors (Lipinski definition) is 1. The van der Waals surface area contributed by atoms with E-state index in [0.29, 0.717) is 17.4 Å². The summed E-state index contributed by atoms with van der Waals surface area (Å²) in [4.78, 5) is 15.0. The van der Waals surface area contributed by atoms with Gasteiger partial charge in [-0.1, -0.05) is 23.9 Å². The van der Waals surface area contributed by atoms with Gasteiger partial charge in [-0.2, -0.15) is 5.26 Å². The summed E-state index contributed by atoms with van der Waals surface area (Å²) in [5.41, 5.74) is 7.77. The Bertz CT molecular complexity index is 1600. The number of nitrogens with one attached hydrogen (secondary N) is 1. The lowest BCUT2D eigenvalue weighted by Gasteiger charge is -2.14. The summed E-state index contributed by atoms with van der Waals surface area (Å²) in [5.74, 6) is 1.10. The molecule has 178 valence electrons. The van der Waals surface area contributed by atoms with Crippen LogP contribution >= 0.6 is 11.8 Å². The van der Waals surface area contributed by atoms with Crippen LogP contribution in [0.15, 0.2) is 76.9 Å². The Labute approximate surface area is 213 Å². The smallest absolute Gasteiger partial charge is 0.228 e. The molecule has 0 radical (unpaired) electrons. The van der Waals surface area contributed by atoms with E-state index in [1.807, 2.05) is 48.1 Å². The summed E-state index contributed by atoms with van der Waals surface area (Å²) in [5, 5.41) is 13.2. The number of methoxy groups -OCH3 is 1. The monoisotopic (exact) mass is 492 g/mol. The lowest BCUT2D eigenvalue weighted by atomic mass is 10.0. The van der Waals surface area contributed by atoms with E-state index in [1.165, 1.54) is 0 Å². The molecule has 0 aliphatic rings. The van der Waals surface area contributed by atoms with Crippen LogP contribution in [0.25, 0.3) is 22.2 Å². The zero-order valence-electron chi connectivity index (χ0n) is 20.4. The van der Waals surface area contributed by atoms with Crippen molar-refractivity contribution in [3.8, 4) is 23.1 Å². The Morgan fingerprint density at radius 3 is 2.42 bits per heavy atom. The number of pyridine rings is 1. The van der Waals surface area contributed by atoms with Crippen molar-refractivity contribution in [2.75, 3.05) is 12.4 Å². The van der Waals surface area contributed by atoms with Gasteiger partial charge in [-0.05, 0) is 72.5 Å². The molecule has 1 N–H and O–H groups in total. The molecule has 2 aromatic carbocycles. The molecule has 0 aliphatic heterocycles. The van der Waals surface area contributed by atoms with Gasteiger partial charge >= 0.3 is 0 Å². The average Bonchev–Trinajstić information content (AvgIpc) is 3.27. The van der Waals surface area contributed by atoms with E-state index < -0.39 is 0 Å². The maximum absolute atomic E-state index is 9.06. The van der Waals surface area contributed by atoms with E-state index in [0.717, 1.165) is 48.9 Å². The van der Waals surface area contributed by atoms with E-state index in [1.54, 1.807) is 37.2 Å². The predicted molar refractivity (Wildman–Crippen MR) is 143 cm³/mol. The van der Waals surface area contributed by atoms with Crippen LogP contribution in [-0.2, 0) is 7.05 Å². The minimum absolute atomic E-state index is 0.511. The molecule has 0 bridgehead atoms. The molecule has 0 aliphatic carbocycles. The molecule has 8 heteroatoms. The topological polar surface area (TPSA) is 88.6 Å². The second kappa shape index (κ2) is 9.72. The van der Waals surface area contributed by atoms with Gasteiger partial charge in [0.1, 0.15) is 5.03 Å². The molecule has 7 nitrogen and oxygen atoms in total. The normalized spacial score (nSPS) is 10.9. The van der Waals surface area contributed by atoms with Crippen molar-refractivity contribution >= 4 is 34.4 Å². The van der Waals surface area contributed by atoms with Gasteiger partial charge in [0.25, 0.3) is 0 Å². The average molecular weight is 493 g/mol. The molecule has 0 fully saturated rings. The summed E-state index contributed by atoms with van der Waals surface area (Å²) in [7, 11) is 3.63. The fourth-order valence-electron chi connectivity index (χ4n) is 4.11. The van der Waals surface area contributed by atoms with E-state index in [-0.39, 0.29) is 0 Å². The van der Waals surface area contributed by atoms with Gasteiger partial charge in [-0.25, -0.2) is 15.0 Å². The third kappa shape index (κ3) is 4.61. The Hall–Kier alpha value is -4.35. The molecule has 0 unspecified atom stereocenters. The minimum atomic E-state index is 0.511. The number of anilines is 2. The third-order valence-corrected chi connectivity index (χ3v) is 7.22. The first-order valence-corrected chi connectivity index (χ1v) is 12.2. The first kappa shape index (κ1) is 23.4. The van der Waals surface area contributed by atoms with Crippen LogP contribution in [0.3, 0.4) is 0 Å². The molecule has 0 saturated heterocycles. The van der Waals surface area contributed by atoms with Crippen molar-refractivity contribution < 1.29 is 4.74 Å². The quantitative estimate of drug-likeness (QED) is 0.274. The van der Waals surface area contributed by atoms with Gasteiger partial charge in [0.2, 0.25) is 11.8 Å². The van der Waals surface area contributed by atoms with Crippen LogP contribution in [0.1, 0.15) is 16.7 Å². The van der Waals surface area contributed by atoms with Crippen LogP contribution in [0, 0.1) is 25.2 Å². The summed E-state index contributed by atoms with van der Waals surface area (Å²) < 4.78 is 7.34. The Kier molecular flexibility index (Phi) is 6.32. The lowest BCUT2D eigenvalue weighted by molar-refractivity contribution is 0.398. The predicted octanol–water partition coefficient (Wildman–Crippen LogP) is 6.42. The maximum Gasteiger partial charge on any atom is 0.228 e. The van der Waals surface area contributed by atoms with Crippen LogP contribution < -0.4 is 10.1 Å². The maximum atomic E-state index is 9.06. The van der Waals surface area contributed by atoms with E-state index in [2.05, 4.69) is 42.4 Å². The number of fused-ring (bicyclic) bond motifs is 1. The SMILES string of the molecule is COc1cc(-c2cc(C)c(Sc3nc(Nc4ccc(C#N)cc4)nc4ccn(C)c34)c(C)c2)ccn1. The molecule has 3 heterocycles. The fraction of sp³-hybridized carbons (Fsp3) is 0.143. The highest BCUT2D eigenvalue weighted by Gasteiger charge is 2.16. The number of aryl methyl sites for hydroxylation is 3. The second-order valence-electron chi connectivity index (χ2n) is 8.46. The molecule has 0 saturated carbocycles. The minimum Gasteiger partial charge on any atom is -0.481 e. The molecule has 0 amide bonds. The largest absolute Gasteiger partial charge is 0.481 e. The van der Waals surface area contributed by atoms with E-state index in [9.17, 15) is 0 Å². The number of benzene rings is 2. The second-order valence-corrected chi connectivity index (χ2v) is 9.45. The summed E-state index contributed by atoms with van der Waals surface area (Å²) in [6.45, 7) is 4.24. The number of rotatable bonds is 6. The molecule has 36 heavy (non-hydrogen) atoms. The van der Waals surface area contributed by atoms with Crippen molar-refractivity contribution in [2.45, 2.75) is 23.8 Å². The van der Waals surface area contributed by atoms with Crippen LogP contribution in [0.2, 0.25) is 0 Å². The number of ether oxygens (including phenoxy) is 1. The fourth-order valence-corrected chi connectivity index (χ4v) is 5.23. The molecule has 5 aromatic rings. The number of hydrogen-bond acceptors (Lipinski definition) is 7. The molecule has 5 rings (SSSR count). The van der Waals surface area contributed by atoms with Gasteiger partial charge in [0.15, 0.2) is 0 Å².